The third-order valence-electron chi connectivity index (χ3n) is 2.77. The highest BCUT2D eigenvalue weighted by Crippen LogP contribution is 2.51. The van der Waals surface area contributed by atoms with Gasteiger partial charge in [0.2, 0.25) is 0 Å². The Labute approximate surface area is 98.4 Å². The molecule has 1 fully saturated rings. The highest BCUT2D eigenvalue weighted by atomic mass is 16.4. The molecule has 0 radical (unpaired) electrons. The first-order valence-corrected chi connectivity index (χ1v) is 5.74. The summed E-state index contributed by atoms with van der Waals surface area (Å²) < 4.78 is 0. The first-order chi connectivity index (χ1) is 7.49. The maximum atomic E-state index is 10.5. The van der Waals surface area contributed by atoms with E-state index in [0.717, 1.165) is 5.57 Å². The molecule has 0 aromatic rings. The van der Waals surface area contributed by atoms with Crippen LogP contribution in [-0.2, 0) is 4.79 Å². The molecular formula is C14H22O2. The lowest BCUT2D eigenvalue weighted by Gasteiger charge is -2.07. The van der Waals surface area contributed by atoms with Crippen molar-refractivity contribution in [2.45, 2.75) is 40.5 Å². The number of carboxylic acids is 1. The Kier molecular flexibility index (Phi) is 5.79. The standard InChI is InChI=1S/C12H16O2.C2H6/c1-4-10(12(3)7-8-12)6-5-9(2)11(13)14;1-2/h4-6H,1,7-8H2,2-3H3,(H,13,14);1-2H3/b9-5+,10-6+;. The topological polar surface area (TPSA) is 37.3 Å². The van der Waals surface area contributed by atoms with Gasteiger partial charge < -0.3 is 5.11 Å². The molecule has 16 heavy (non-hydrogen) atoms. The molecule has 0 saturated heterocycles. The van der Waals surface area contributed by atoms with Crippen molar-refractivity contribution in [3.05, 3.63) is 36.0 Å². The van der Waals surface area contributed by atoms with E-state index in [9.17, 15) is 4.79 Å². The third kappa shape index (κ3) is 4.05. The van der Waals surface area contributed by atoms with Gasteiger partial charge in [0.05, 0.1) is 0 Å². The number of rotatable bonds is 4. The minimum atomic E-state index is -0.870. The lowest BCUT2D eigenvalue weighted by Crippen LogP contribution is -1.97. The van der Waals surface area contributed by atoms with Gasteiger partial charge >= 0.3 is 5.97 Å². The summed E-state index contributed by atoms with van der Waals surface area (Å²) in [6.45, 7) is 11.5. The smallest absolute Gasteiger partial charge is 0.331 e. The van der Waals surface area contributed by atoms with Gasteiger partial charge in [-0.3, -0.25) is 0 Å². The van der Waals surface area contributed by atoms with E-state index in [1.54, 1.807) is 13.0 Å². The van der Waals surface area contributed by atoms with Crippen molar-refractivity contribution in [2.24, 2.45) is 5.41 Å². The van der Waals surface area contributed by atoms with Crippen molar-refractivity contribution in [2.75, 3.05) is 0 Å². The molecule has 2 nitrogen and oxygen atoms in total. The van der Waals surface area contributed by atoms with Crippen molar-refractivity contribution in [1.82, 2.24) is 0 Å². The summed E-state index contributed by atoms with van der Waals surface area (Å²) in [6, 6.07) is 0. The molecule has 1 aliphatic carbocycles. The molecule has 0 unspecified atom stereocenters. The van der Waals surface area contributed by atoms with Gasteiger partial charge in [-0.1, -0.05) is 45.6 Å². The van der Waals surface area contributed by atoms with E-state index < -0.39 is 5.97 Å². The van der Waals surface area contributed by atoms with Crippen molar-refractivity contribution < 1.29 is 9.90 Å². The minimum absolute atomic E-state index is 0.247. The van der Waals surface area contributed by atoms with Crippen molar-refractivity contribution >= 4 is 5.97 Å². The van der Waals surface area contributed by atoms with Gasteiger partial charge in [-0.2, -0.15) is 0 Å². The lowest BCUT2D eigenvalue weighted by molar-refractivity contribution is -0.132. The van der Waals surface area contributed by atoms with E-state index in [1.165, 1.54) is 12.8 Å². The zero-order valence-corrected chi connectivity index (χ0v) is 10.7. The average Bonchev–Trinajstić information content (AvgIpc) is 3.00. The molecule has 1 saturated carbocycles. The SMILES string of the molecule is C=C/C(=C\C=C(/C)C(=O)O)C1(C)CC1.CC. The van der Waals surface area contributed by atoms with Gasteiger partial charge in [0.25, 0.3) is 0 Å². The predicted octanol–water partition coefficient (Wildman–Crippen LogP) is 3.96. The van der Waals surface area contributed by atoms with Crippen LogP contribution in [0.25, 0.3) is 0 Å². The zero-order chi connectivity index (χ0) is 12.8. The average molecular weight is 222 g/mol. The number of carboxylic acid groups (broad SMARTS) is 1. The maximum absolute atomic E-state index is 10.5. The van der Waals surface area contributed by atoms with Crippen LogP contribution in [0.3, 0.4) is 0 Å². The van der Waals surface area contributed by atoms with Crippen LogP contribution in [0.2, 0.25) is 0 Å². The molecule has 0 bridgehead atoms. The Morgan fingerprint density at radius 1 is 1.31 bits per heavy atom. The van der Waals surface area contributed by atoms with Gasteiger partial charge in [-0.05, 0) is 30.8 Å². The fourth-order valence-electron chi connectivity index (χ4n) is 1.28. The van der Waals surface area contributed by atoms with Gasteiger partial charge in [-0.15, -0.1) is 0 Å². The van der Waals surface area contributed by atoms with E-state index >= 15 is 0 Å². The second-order valence-corrected chi connectivity index (χ2v) is 4.04. The number of hydrogen-bond donors (Lipinski definition) is 1. The molecule has 1 N–H and O–H groups in total. The summed E-state index contributed by atoms with van der Waals surface area (Å²) in [5, 5.41) is 8.66. The van der Waals surface area contributed by atoms with Crippen LogP contribution in [0.1, 0.15) is 40.5 Å². The molecule has 0 heterocycles. The minimum Gasteiger partial charge on any atom is -0.478 e. The van der Waals surface area contributed by atoms with Crippen LogP contribution in [0.5, 0.6) is 0 Å². The molecule has 0 aromatic carbocycles. The van der Waals surface area contributed by atoms with Crippen molar-refractivity contribution in [1.29, 1.82) is 0 Å². The molecule has 0 aromatic heterocycles. The summed E-state index contributed by atoms with van der Waals surface area (Å²) in [7, 11) is 0. The van der Waals surface area contributed by atoms with Crippen LogP contribution < -0.4 is 0 Å². The molecule has 1 rings (SSSR count). The first kappa shape index (κ1) is 14.7. The summed E-state index contributed by atoms with van der Waals surface area (Å²) in [4.78, 5) is 10.5. The van der Waals surface area contributed by atoms with Gasteiger partial charge in [0, 0.05) is 5.57 Å². The Morgan fingerprint density at radius 3 is 2.12 bits per heavy atom. The Morgan fingerprint density at radius 2 is 1.81 bits per heavy atom. The maximum Gasteiger partial charge on any atom is 0.331 e. The van der Waals surface area contributed by atoms with Gasteiger partial charge in [0.1, 0.15) is 0 Å². The van der Waals surface area contributed by atoms with E-state index in [2.05, 4.69) is 13.5 Å². The summed E-state index contributed by atoms with van der Waals surface area (Å²) in [5.41, 5.74) is 1.74. The summed E-state index contributed by atoms with van der Waals surface area (Å²) in [6.07, 6.45) is 7.67. The van der Waals surface area contributed by atoms with E-state index in [1.807, 2.05) is 26.0 Å². The van der Waals surface area contributed by atoms with E-state index in [4.69, 9.17) is 5.11 Å². The summed E-state index contributed by atoms with van der Waals surface area (Å²) in [5.74, 6) is -0.870. The van der Waals surface area contributed by atoms with Crippen LogP contribution in [0.4, 0.5) is 0 Å². The molecule has 0 amide bonds. The van der Waals surface area contributed by atoms with E-state index in [-0.39, 0.29) is 5.41 Å². The quantitative estimate of drug-likeness (QED) is 0.577. The summed E-state index contributed by atoms with van der Waals surface area (Å²) >= 11 is 0. The molecular weight excluding hydrogens is 200 g/mol. The van der Waals surface area contributed by atoms with Crippen LogP contribution >= 0.6 is 0 Å². The fraction of sp³-hybridized carbons (Fsp3) is 0.500. The Balaban J connectivity index is 0.00000106. The third-order valence-corrected chi connectivity index (χ3v) is 2.77. The van der Waals surface area contributed by atoms with E-state index in [0.29, 0.717) is 5.57 Å². The first-order valence-electron chi connectivity index (χ1n) is 5.74. The number of aliphatic carboxylic acids is 1. The number of carbonyl (C=O) groups is 1. The van der Waals surface area contributed by atoms with Crippen molar-refractivity contribution in [3.8, 4) is 0 Å². The molecule has 2 heteroatoms. The van der Waals surface area contributed by atoms with Gasteiger partial charge in [-0.25, -0.2) is 4.79 Å². The fourth-order valence-corrected chi connectivity index (χ4v) is 1.28. The van der Waals surface area contributed by atoms with Crippen LogP contribution in [0.15, 0.2) is 36.0 Å². The number of hydrogen-bond acceptors (Lipinski definition) is 1. The molecule has 0 atom stereocenters. The highest BCUT2D eigenvalue weighted by Gasteiger charge is 2.39. The largest absolute Gasteiger partial charge is 0.478 e. The monoisotopic (exact) mass is 222 g/mol. The molecule has 90 valence electrons. The second kappa shape index (κ2) is 6.31. The molecule has 0 aliphatic heterocycles. The van der Waals surface area contributed by atoms with Crippen LogP contribution in [0, 0.1) is 5.41 Å². The lowest BCUT2D eigenvalue weighted by atomic mass is 9.97. The predicted molar refractivity (Wildman–Crippen MR) is 68.4 cm³/mol. The highest BCUT2D eigenvalue weighted by molar-refractivity contribution is 5.86. The molecule has 0 spiro atoms. The second-order valence-electron chi connectivity index (χ2n) is 4.04. The van der Waals surface area contributed by atoms with Gasteiger partial charge in [0.15, 0.2) is 0 Å². The Hall–Kier alpha value is -1.31. The normalized spacial score (nSPS) is 18.2. The van der Waals surface area contributed by atoms with Crippen LogP contribution in [-0.4, -0.2) is 11.1 Å². The molecule has 1 aliphatic rings. The van der Waals surface area contributed by atoms with Crippen molar-refractivity contribution in [3.63, 3.8) is 0 Å². The Bertz CT molecular complexity index is 318. The number of allylic oxidation sites excluding steroid dienone is 4. The zero-order valence-electron chi connectivity index (χ0n) is 10.7.